The number of nitrogens with zero attached hydrogens (tertiary/aromatic N) is 3. The first kappa shape index (κ1) is 10.6. The smallest absolute Gasteiger partial charge is 0.341 e. The highest BCUT2D eigenvalue weighted by atomic mass is 16.4. The first-order valence-corrected chi connectivity index (χ1v) is 4.77. The minimum atomic E-state index is -1.06. The van der Waals surface area contributed by atoms with Gasteiger partial charge in [0.15, 0.2) is 5.65 Å². The minimum Gasteiger partial charge on any atom is -0.477 e. The largest absolute Gasteiger partial charge is 0.477 e. The van der Waals surface area contributed by atoms with E-state index in [0.717, 1.165) is 0 Å². The lowest BCUT2D eigenvalue weighted by Crippen LogP contribution is -2.05. The third-order valence-electron chi connectivity index (χ3n) is 2.49. The predicted molar refractivity (Wildman–Crippen MR) is 55.3 cm³/mol. The molecule has 0 bridgehead atoms. The Balaban J connectivity index is 2.73. The van der Waals surface area contributed by atoms with E-state index >= 15 is 0 Å². The molecule has 6 heteroatoms. The normalized spacial score (nSPS) is 12.9. The molecule has 2 rings (SSSR count). The van der Waals surface area contributed by atoms with Gasteiger partial charge in [-0.15, -0.1) is 0 Å². The van der Waals surface area contributed by atoms with Gasteiger partial charge in [0.2, 0.25) is 0 Å². The molecule has 0 spiro atoms. The molecule has 0 aromatic carbocycles. The van der Waals surface area contributed by atoms with Gasteiger partial charge in [0.25, 0.3) is 0 Å². The summed E-state index contributed by atoms with van der Waals surface area (Å²) in [5, 5.41) is 22.3. The fourth-order valence-corrected chi connectivity index (χ4v) is 1.62. The molecule has 0 aliphatic rings. The van der Waals surface area contributed by atoms with Crippen LogP contribution in [-0.4, -0.2) is 30.8 Å². The van der Waals surface area contributed by atoms with Crippen LogP contribution < -0.4 is 0 Å². The molecule has 2 heterocycles. The van der Waals surface area contributed by atoms with E-state index in [4.69, 9.17) is 5.11 Å². The van der Waals surface area contributed by atoms with Crippen molar-refractivity contribution in [2.45, 2.75) is 20.0 Å². The maximum Gasteiger partial charge on any atom is 0.341 e. The van der Waals surface area contributed by atoms with Crippen molar-refractivity contribution in [3.63, 3.8) is 0 Å². The van der Waals surface area contributed by atoms with Gasteiger partial charge in [0.05, 0.1) is 12.3 Å². The molecule has 2 N–H and O–H groups in total. The van der Waals surface area contributed by atoms with Crippen molar-refractivity contribution in [3.8, 4) is 0 Å². The van der Waals surface area contributed by atoms with Crippen LogP contribution in [0, 0.1) is 6.92 Å². The highest BCUT2D eigenvalue weighted by molar-refractivity contribution is 5.94. The van der Waals surface area contributed by atoms with E-state index in [2.05, 4.69) is 10.1 Å². The van der Waals surface area contributed by atoms with Crippen molar-refractivity contribution >= 4 is 11.6 Å². The zero-order chi connectivity index (χ0) is 11.9. The van der Waals surface area contributed by atoms with E-state index < -0.39 is 12.1 Å². The van der Waals surface area contributed by atoms with Crippen LogP contribution in [0.25, 0.3) is 5.65 Å². The number of rotatable bonds is 2. The molecule has 2 aromatic rings. The number of carboxylic acid groups (broad SMARTS) is 1. The van der Waals surface area contributed by atoms with Crippen molar-refractivity contribution in [1.82, 2.24) is 14.6 Å². The Bertz CT molecular complexity index is 560. The van der Waals surface area contributed by atoms with Gasteiger partial charge < -0.3 is 10.2 Å². The van der Waals surface area contributed by atoms with Gasteiger partial charge in [-0.3, -0.25) is 0 Å². The van der Waals surface area contributed by atoms with Gasteiger partial charge in [-0.05, 0) is 13.8 Å². The van der Waals surface area contributed by atoms with Crippen LogP contribution in [0.4, 0.5) is 0 Å². The molecule has 0 radical (unpaired) electrons. The molecule has 0 fully saturated rings. The molecule has 2 aromatic heterocycles. The quantitative estimate of drug-likeness (QED) is 0.782. The summed E-state index contributed by atoms with van der Waals surface area (Å²) in [6.45, 7) is 3.38. The zero-order valence-electron chi connectivity index (χ0n) is 8.88. The summed E-state index contributed by atoms with van der Waals surface area (Å²) in [6.07, 6.45) is 2.07. The second-order valence-corrected chi connectivity index (χ2v) is 3.57. The highest BCUT2D eigenvalue weighted by Gasteiger charge is 2.16. The number of hydrogen-bond acceptors (Lipinski definition) is 4. The third-order valence-corrected chi connectivity index (χ3v) is 2.49. The molecule has 0 aliphatic carbocycles. The van der Waals surface area contributed by atoms with Gasteiger partial charge in [-0.25, -0.2) is 14.3 Å². The Hall–Kier alpha value is -1.95. The standard InChI is InChI=1S/C10H11N3O3/c1-5-7(6(2)14)3-11-9-8(10(15)16)4-12-13(5)9/h3-4,6,14H,1-2H3,(H,15,16). The lowest BCUT2D eigenvalue weighted by atomic mass is 10.1. The molecular weight excluding hydrogens is 210 g/mol. The Morgan fingerprint density at radius 1 is 1.50 bits per heavy atom. The fourth-order valence-electron chi connectivity index (χ4n) is 1.62. The summed E-state index contributed by atoms with van der Waals surface area (Å²) in [5.74, 6) is -1.06. The monoisotopic (exact) mass is 221 g/mol. The molecule has 0 amide bonds. The number of carboxylic acids is 1. The van der Waals surface area contributed by atoms with Crippen LogP contribution in [0.3, 0.4) is 0 Å². The van der Waals surface area contributed by atoms with Crippen LogP contribution in [0.2, 0.25) is 0 Å². The lowest BCUT2D eigenvalue weighted by Gasteiger charge is -2.09. The highest BCUT2D eigenvalue weighted by Crippen LogP contribution is 2.18. The summed E-state index contributed by atoms with van der Waals surface area (Å²) in [7, 11) is 0. The summed E-state index contributed by atoms with van der Waals surface area (Å²) in [5.41, 5.74) is 1.66. The van der Waals surface area contributed by atoms with E-state index in [1.165, 1.54) is 16.9 Å². The fraction of sp³-hybridized carbons (Fsp3) is 0.300. The molecule has 6 nitrogen and oxygen atoms in total. The average molecular weight is 221 g/mol. The molecule has 16 heavy (non-hydrogen) atoms. The van der Waals surface area contributed by atoms with E-state index in [0.29, 0.717) is 11.3 Å². The summed E-state index contributed by atoms with van der Waals surface area (Å²) in [6, 6.07) is 0. The van der Waals surface area contributed by atoms with E-state index in [1.807, 2.05) is 0 Å². The second kappa shape index (κ2) is 3.57. The zero-order valence-corrected chi connectivity index (χ0v) is 8.88. The first-order chi connectivity index (χ1) is 7.52. The molecular formula is C10H11N3O3. The van der Waals surface area contributed by atoms with Crippen molar-refractivity contribution in [1.29, 1.82) is 0 Å². The summed E-state index contributed by atoms with van der Waals surface area (Å²) in [4.78, 5) is 14.9. The topological polar surface area (TPSA) is 87.7 Å². The SMILES string of the molecule is Cc1c(C(C)O)cnc2c(C(=O)O)cnn12. The van der Waals surface area contributed by atoms with Crippen molar-refractivity contribution in [3.05, 3.63) is 29.2 Å². The number of fused-ring (bicyclic) bond motifs is 1. The number of aliphatic hydroxyl groups excluding tert-OH is 1. The van der Waals surface area contributed by atoms with Gasteiger partial charge in [0, 0.05) is 17.5 Å². The Morgan fingerprint density at radius 3 is 2.75 bits per heavy atom. The maximum atomic E-state index is 10.9. The maximum absolute atomic E-state index is 10.9. The molecule has 84 valence electrons. The van der Waals surface area contributed by atoms with Gasteiger partial charge in [-0.1, -0.05) is 0 Å². The van der Waals surface area contributed by atoms with Crippen LogP contribution >= 0.6 is 0 Å². The number of aromatic nitrogens is 3. The van der Waals surface area contributed by atoms with Crippen LogP contribution in [0.5, 0.6) is 0 Å². The third kappa shape index (κ3) is 1.43. The van der Waals surface area contributed by atoms with Crippen molar-refractivity contribution in [2.75, 3.05) is 0 Å². The van der Waals surface area contributed by atoms with E-state index in [9.17, 15) is 9.90 Å². The van der Waals surface area contributed by atoms with Gasteiger partial charge in [0.1, 0.15) is 5.56 Å². The molecule has 0 aliphatic heterocycles. The Labute approximate surface area is 91.2 Å². The minimum absolute atomic E-state index is 0.0558. The van der Waals surface area contributed by atoms with E-state index in [-0.39, 0.29) is 11.2 Å². The first-order valence-electron chi connectivity index (χ1n) is 4.77. The van der Waals surface area contributed by atoms with Crippen LogP contribution in [-0.2, 0) is 0 Å². The van der Waals surface area contributed by atoms with Crippen LogP contribution in [0.1, 0.15) is 34.6 Å². The number of carbonyl (C=O) groups is 1. The number of aryl methyl sites for hydroxylation is 1. The molecule has 1 atom stereocenters. The molecule has 0 saturated heterocycles. The second-order valence-electron chi connectivity index (χ2n) is 3.57. The van der Waals surface area contributed by atoms with Crippen molar-refractivity contribution < 1.29 is 15.0 Å². The molecule has 1 unspecified atom stereocenters. The Morgan fingerprint density at radius 2 is 2.19 bits per heavy atom. The van der Waals surface area contributed by atoms with Gasteiger partial charge >= 0.3 is 5.97 Å². The number of aromatic carboxylic acids is 1. The number of hydrogen-bond donors (Lipinski definition) is 2. The number of aliphatic hydroxyl groups is 1. The van der Waals surface area contributed by atoms with Crippen LogP contribution in [0.15, 0.2) is 12.4 Å². The summed E-state index contributed by atoms with van der Waals surface area (Å²) >= 11 is 0. The van der Waals surface area contributed by atoms with Gasteiger partial charge in [-0.2, -0.15) is 5.10 Å². The lowest BCUT2D eigenvalue weighted by molar-refractivity contribution is 0.0699. The predicted octanol–water partition coefficient (Wildman–Crippen LogP) is 0.789. The van der Waals surface area contributed by atoms with E-state index in [1.54, 1.807) is 13.8 Å². The molecule has 0 saturated carbocycles. The van der Waals surface area contributed by atoms with Crippen molar-refractivity contribution in [2.24, 2.45) is 0 Å². The average Bonchev–Trinajstić information content (AvgIpc) is 2.61. The Kier molecular flexibility index (Phi) is 2.35. The summed E-state index contributed by atoms with van der Waals surface area (Å²) < 4.78 is 1.42.